The number of hydrogen-bond donors (Lipinski definition) is 1. The fraction of sp³-hybridized carbons (Fsp3) is 0.167. The Morgan fingerprint density at radius 1 is 1.12 bits per heavy atom. The molecule has 1 N–H and O–H groups in total. The summed E-state index contributed by atoms with van der Waals surface area (Å²) in [4.78, 5) is 8.56. The molecule has 0 saturated heterocycles. The summed E-state index contributed by atoms with van der Waals surface area (Å²) in [5.74, 6) is 0.834. The molecule has 0 fully saturated rings. The lowest BCUT2D eigenvalue weighted by molar-refractivity contribution is 0.831. The Morgan fingerprint density at radius 2 is 1.94 bits per heavy atom. The molecule has 82 valence electrons. The van der Waals surface area contributed by atoms with Crippen LogP contribution >= 0.6 is 15.9 Å². The Labute approximate surface area is 103 Å². The Bertz CT molecular complexity index is 459. The van der Waals surface area contributed by atoms with Crippen molar-refractivity contribution in [3.63, 3.8) is 0 Å². The lowest BCUT2D eigenvalue weighted by Crippen LogP contribution is -2.09. The van der Waals surface area contributed by atoms with Crippen molar-refractivity contribution in [3.8, 4) is 0 Å². The first-order valence-electron chi connectivity index (χ1n) is 5.05. The second-order valence-electron chi connectivity index (χ2n) is 3.45. The minimum Gasteiger partial charge on any atom is -0.361 e. The molecule has 0 aliphatic heterocycles. The molecule has 2 rings (SSSR count). The van der Waals surface area contributed by atoms with Crippen LogP contribution in [0.4, 0.5) is 5.82 Å². The van der Waals surface area contributed by atoms with Gasteiger partial charge in [0.05, 0.1) is 16.2 Å². The maximum Gasteiger partial charge on any atom is 0.140 e. The zero-order valence-corrected chi connectivity index (χ0v) is 10.5. The van der Waals surface area contributed by atoms with E-state index in [2.05, 4.69) is 38.1 Å². The third-order valence-corrected chi connectivity index (χ3v) is 2.88. The van der Waals surface area contributed by atoms with Gasteiger partial charge in [0, 0.05) is 12.4 Å². The van der Waals surface area contributed by atoms with Gasteiger partial charge in [-0.3, -0.25) is 4.98 Å². The first-order chi connectivity index (χ1) is 7.77. The second-order valence-corrected chi connectivity index (χ2v) is 4.31. The quantitative estimate of drug-likeness (QED) is 0.934. The van der Waals surface area contributed by atoms with Crippen LogP contribution in [-0.4, -0.2) is 9.97 Å². The molecule has 2 heterocycles. The van der Waals surface area contributed by atoms with Gasteiger partial charge < -0.3 is 5.32 Å². The molecule has 3 nitrogen and oxygen atoms in total. The van der Waals surface area contributed by atoms with E-state index in [1.807, 2.05) is 30.3 Å². The first kappa shape index (κ1) is 11.1. The van der Waals surface area contributed by atoms with Crippen LogP contribution in [-0.2, 0) is 0 Å². The van der Waals surface area contributed by atoms with Crippen LogP contribution in [0.3, 0.4) is 0 Å². The highest BCUT2D eigenvalue weighted by molar-refractivity contribution is 9.10. The third-order valence-electron chi connectivity index (χ3n) is 2.24. The summed E-state index contributed by atoms with van der Waals surface area (Å²) >= 11 is 3.45. The number of rotatable bonds is 3. The van der Waals surface area contributed by atoms with Crippen LogP contribution < -0.4 is 5.32 Å². The third kappa shape index (κ3) is 2.58. The summed E-state index contributed by atoms with van der Waals surface area (Å²) in [6.45, 7) is 2.06. The normalized spacial score (nSPS) is 12.1. The van der Waals surface area contributed by atoms with Crippen LogP contribution in [0.1, 0.15) is 18.7 Å². The Kier molecular flexibility index (Phi) is 3.51. The average Bonchev–Trinajstić information content (AvgIpc) is 2.33. The SMILES string of the molecule is CC(Nc1ncccc1Br)c1ccccn1. The van der Waals surface area contributed by atoms with Gasteiger partial charge in [-0.1, -0.05) is 6.07 Å². The zero-order valence-electron chi connectivity index (χ0n) is 8.89. The van der Waals surface area contributed by atoms with Crippen molar-refractivity contribution >= 4 is 21.7 Å². The largest absolute Gasteiger partial charge is 0.361 e. The Morgan fingerprint density at radius 3 is 2.62 bits per heavy atom. The molecule has 0 amide bonds. The molecule has 2 aromatic heterocycles. The summed E-state index contributed by atoms with van der Waals surface area (Å²) in [7, 11) is 0. The van der Waals surface area contributed by atoms with Crippen LogP contribution in [0, 0.1) is 0 Å². The van der Waals surface area contributed by atoms with Gasteiger partial charge in [0.15, 0.2) is 0 Å². The van der Waals surface area contributed by atoms with Crippen molar-refractivity contribution < 1.29 is 0 Å². The topological polar surface area (TPSA) is 37.8 Å². The van der Waals surface area contributed by atoms with E-state index in [4.69, 9.17) is 0 Å². The number of nitrogens with zero attached hydrogens (tertiary/aromatic N) is 2. The predicted molar refractivity (Wildman–Crippen MR) is 68.2 cm³/mol. The molecule has 0 aromatic carbocycles. The van der Waals surface area contributed by atoms with Crippen molar-refractivity contribution in [2.45, 2.75) is 13.0 Å². The number of nitrogens with one attached hydrogen (secondary N) is 1. The summed E-state index contributed by atoms with van der Waals surface area (Å²) in [5.41, 5.74) is 1.00. The molecule has 0 bridgehead atoms. The molecular formula is C12H12BrN3. The van der Waals surface area contributed by atoms with E-state index >= 15 is 0 Å². The fourth-order valence-corrected chi connectivity index (χ4v) is 1.77. The molecule has 1 unspecified atom stereocenters. The lowest BCUT2D eigenvalue weighted by Gasteiger charge is -2.14. The van der Waals surface area contributed by atoms with Gasteiger partial charge in [-0.25, -0.2) is 4.98 Å². The second kappa shape index (κ2) is 5.07. The van der Waals surface area contributed by atoms with Crippen molar-refractivity contribution in [2.75, 3.05) is 5.32 Å². The molecule has 0 aliphatic rings. The number of anilines is 1. The molecule has 16 heavy (non-hydrogen) atoms. The molecular weight excluding hydrogens is 266 g/mol. The van der Waals surface area contributed by atoms with E-state index in [-0.39, 0.29) is 6.04 Å². The number of aromatic nitrogens is 2. The maximum absolute atomic E-state index is 4.30. The number of pyridine rings is 2. The van der Waals surface area contributed by atoms with E-state index < -0.39 is 0 Å². The monoisotopic (exact) mass is 277 g/mol. The van der Waals surface area contributed by atoms with Crippen LogP contribution in [0.25, 0.3) is 0 Å². The van der Waals surface area contributed by atoms with Crippen molar-refractivity contribution in [3.05, 3.63) is 52.9 Å². The van der Waals surface area contributed by atoms with Gasteiger partial charge in [-0.05, 0) is 47.1 Å². The van der Waals surface area contributed by atoms with Crippen molar-refractivity contribution in [1.29, 1.82) is 0 Å². The molecule has 0 aliphatic carbocycles. The smallest absolute Gasteiger partial charge is 0.140 e. The van der Waals surface area contributed by atoms with E-state index in [0.717, 1.165) is 16.0 Å². The number of hydrogen-bond acceptors (Lipinski definition) is 3. The molecule has 0 saturated carbocycles. The minimum atomic E-state index is 0.132. The zero-order chi connectivity index (χ0) is 11.4. The maximum atomic E-state index is 4.30. The predicted octanol–water partition coefficient (Wildman–Crippen LogP) is 3.41. The van der Waals surface area contributed by atoms with E-state index in [0.29, 0.717) is 0 Å². The van der Waals surface area contributed by atoms with Crippen molar-refractivity contribution in [2.24, 2.45) is 0 Å². The molecule has 1 atom stereocenters. The van der Waals surface area contributed by atoms with Gasteiger partial charge in [0.1, 0.15) is 5.82 Å². The minimum absolute atomic E-state index is 0.132. The fourth-order valence-electron chi connectivity index (χ4n) is 1.40. The number of halogens is 1. The van der Waals surface area contributed by atoms with Gasteiger partial charge in [-0.2, -0.15) is 0 Å². The van der Waals surface area contributed by atoms with Crippen LogP contribution in [0.5, 0.6) is 0 Å². The van der Waals surface area contributed by atoms with Gasteiger partial charge in [-0.15, -0.1) is 0 Å². The molecule has 4 heteroatoms. The van der Waals surface area contributed by atoms with Crippen LogP contribution in [0.2, 0.25) is 0 Å². The van der Waals surface area contributed by atoms with Crippen molar-refractivity contribution in [1.82, 2.24) is 9.97 Å². The molecule has 0 spiro atoms. The highest BCUT2D eigenvalue weighted by atomic mass is 79.9. The highest BCUT2D eigenvalue weighted by Gasteiger charge is 2.08. The van der Waals surface area contributed by atoms with E-state index in [1.54, 1.807) is 12.4 Å². The van der Waals surface area contributed by atoms with Gasteiger partial charge >= 0.3 is 0 Å². The Balaban J connectivity index is 2.14. The molecule has 2 aromatic rings. The summed E-state index contributed by atoms with van der Waals surface area (Å²) in [6, 6.07) is 9.86. The van der Waals surface area contributed by atoms with Crippen LogP contribution in [0.15, 0.2) is 47.2 Å². The van der Waals surface area contributed by atoms with Gasteiger partial charge in [0.2, 0.25) is 0 Å². The first-order valence-corrected chi connectivity index (χ1v) is 5.84. The lowest BCUT2D eigenvalue weighted by atomic mass is 10.2. The summed E-state index contributed by atoms with van der Waals surface area (Å²) in [6.07, 6.45) is 3.55. The highest BCUT2D eigenvalue weighted by Crippen LogP contribution is 2.22. The summed E-state index contributed by atoms with van der Waals surface area (Å²) < 4.78 is 0.956. The van der Waals surface area contributed by atoms with Gasteiger partial charge in [0.25, 0.3) is 0 Å². The van der Waals surface area contributed by atoms with E-state index in [9.17, 15) is 0 Å². The molecule has 0 radical (unpaired) electrons. The Hall–Kier alpha value is -1.42. The standard InChI is InChI=1S/C12H12BrN3/c1-9(11-6-2-3-7-14-11)16-12-10(13)5-4-8-15-12/h2-9H,1H3,(H,15,16). The van der Waals surface area contributed by atoms with E-state index in [1.165, 1.54) is 0 Å². The summed E-state index contributed by atoms with van der Waals surface area (Å²) in [5, 5.41) is 3.31. The average molecular weight is 278 g/mol.